The Hall–Kier alpha value is -2.29. The van der Waals surface area contributed by atoms with Gasteiger partial charge in [-0.25, -0.2) is 4.57 Å². The predicted octanol–water partition coefficient (Wildman–Crippen LogP) is 10.2. The largest absolute Gasteiger partial charge is 0.469 e. The molecule has 0 aromatic heterocycles. The third kappa shape index (κ3) is 37.0. The summed E-state index contributed by atoms with van der Waals surface area (Å²) in [7, 11) is -4.78. The molecule has 0 aromatic carbocycles. The first kappa shape index (κ1) is 47.7. The summed E-state index contributed by atoms with van der Waals surface area (Å²) in [5.74, 6) is -0.178. The van der Waals surface area contributed by atoms with Gasteiger partial charge in [0, 0.05) is 12.8 Å². The molecule has 0 aliphatic rings. The zero-order valence-electron chi connectivity index (χ0n) is 31.3. The van der Waals surface area contributed by atoms with Crippen molar-refractivity contribution in [1.82, 2.24) is 0 Å². The van der Waals surface area contributed by atoms with E-state index in [1.165, 1.54) is 51.4 Å². The predicted molar refractivity (Wildman–Crippen MR) is 203 cm³/mol. The Morgan fingerprint density at radius 1 is 0.680 bits per heavy atom. The van der Waals surface area contributed by atoms with Crippen molar-refractivity contribution >= 4 is 19.8 Å². The molecule has 0 radical (unpaired) electrons. The Bertz CT molecular complexity index is 1030. The molecule has 10 heteroatoms. The molecular weight excluding hydrogens is 655 g/mol. The van der Waals surface area contributed by atoms with Crippen LogP contribution in [0.15, 0.2) is 60.8 Å². The van der Waals surface area contributed by atoms with E-state index in [0.29, 0.717) is 25.7 Å². The van der Waals surface area contributed by atoms with Crippen molar-refractivity contribution in [3.63, 3.8) is 0 Å². The van der Waals surface area contributed by atoms with E-state index < -0.39 is 38.6 Å². The molecule has 0 rings (SSSR count). The molecule has 0 fully saturated rings. The maximum Gasteiger partial charge on any atom is 0.469 e. The summed E-state index contributed by atoms with van der Waals surface area (Å²) < 4.78 is 26.2. The van der Waals surface area contributed by atoms with E-state index in [9.17, 15) is 19.3 Å². The maximum atomic E-state index is 12.3. The lowest BCUT2D eigenvalue weighted by Gasteiger charge is -2.18. The van der Waals surface area contributed by atoms with E-state index in [1.54, 1.807) is 0 Å². The second kappa shape index (κ2) is 33.8. The molecule has 0 aliphatic heterocycles. The Balaban J connectivity index is 4.12. The van der Waals surface area contributed by atoms with Gasteiger partial charge in [0.2, 0.25) is 0 Å². The lowest BCUT2D eigenvalue weighted by Crippen LogP contribution is -2.29. The summed E-state index contributed by atoms with van der Waals surface area (Å²) in [6.45, 7) is 5.70. The summed E-state index contributed by atoms with van der Waals surface area (Å²) >= 11 is 0. The van der Waals surface area contributed by atoms with Gasteiger partial charge in [-0.2, -0.15) is 0 Å². The highest BCUT2D eigenvalue weighted by Crippen LogP contribution is 2.36. The zero-order chi connectivity index (χ0) is 37.1. The molecule has 0 aromatic rings. The lowest BCUT2D eigenvalue weighted by atomic mass is 10.0. The van der Waals surface area contributed by atoms with Crippen molar-refractivity contribution < 1.29 is 43.0 Å². The first-order valence-corrected chi connectivity index (χ1v) is 20.6. The van der Waals surface area contributed by atoms with Crippen LogP contribution in [0.1, 0.15) is 149 Å². The molecule has 0 bridgehead atoms. The average Bonchev–Trinajstić information content (AvgIpc) is 3.06. The summed E-state index contributed by atoms with van der Waals surface area (Å²) in [6, 6.07) is 0. The van der Waals surface area contributed by atoms with Gasteiger partial charge >= 0.3 is 19.8 Å². The van der Waals surface area contributed by atoms with Crippen molar-refractivity contribution in [2.24, 2.45) is 5.92 Å². The lowest BCUT2D eigenvalue weighted by molar-refractivity contribution is -0.161. The van der Waals surface area contributed by atoms with E-state index >= 15 is 0 Å². The second-order valence-corrected chi connectivity index (χ2v) is 14.4. The number of hydrogen-bond donors (Lipinski definition) is 3. The van der Waals surface area contributed by atoms with E-state index in [-0.39, 0.29) is 19.4 Å². The fourth-order valence-electron chi connectivity index (χ4n) is 4.97. The van der Waals surface area contributed by atoms with Crippen molar-refractivity contribution in [2.75, 3.05) is 13.2 Å². The van der Waals surface area contributed by atoms with Crippen LogP contribution >= 0.6 is 7.82 Å². The molecule has 0 spiro atoms. The first-order valence-electron chi connectivity index (χ1n) is 19.0. The number of carbonyl (C=O) groups is 2. The highest BCUT2D eigenvalue weighted by Gasteiger charge is 2.22. The van der Waals surface area contributed by atoms with Crippen LogP contribution in [0.2, 0.25) is 0 Å². The second-order valence-electron chi connectivity index (χ2n) is 13.2. The van der Waals surface area contributed by atoms with Crippen LogP contribution in [0.5, 0.6) is 0 Å². The van der Waals surface area contributed by atoms with Gasteiger partial charge in [-0.15, -0.1) is 0 Å². The molecule has 0 heterocycles. The number of hydrogen-bond acceptors (Lipinski definition) is 7. The zero-order valence-corrected chi connectivity index (χ0v) is 32.2. The van der Waals surface area contributed by atoms with Crippen LogP contribution in [0.4, 0.5) is 0 Å². The van der Waals surface area contributed by atoms with Crippen LogP contribution in [0, 0.1) is 5.92 Å². The number of aliphatic hydroxyl groups is 1. The topological polar surface area (TPSA) is 140 Å². The number of aliphatic hydroxyl groups excluding tert-OH is 1. The molecule has 288 valence electrons. The van der Waals surface area contributed by atoms with E-state index in [4.69, 9.17) is 19.3 Å². The van der Waals surface area contributed by atoms with Gasteiger partial charge in [0.15, 0.2) is 6.10 Å². The Kier molecular flexibility index (Phi) is 32.3. The van der Waals surface area contributed by atoms with Crippen LogP contribution in [0.3, 0.4) is 0 Å². The van der Waals surface area contributed by atoms with Crippen LogP contribution in [0.25, 0.3) is 0 Å². The van der Waals surface area contributed by atoms with Gasteiger partial charge < -0.3 is 24.4 Å². The number of ether oxygens (including phenoxy) is 2. The van der Waals surface area contributed by atoms with Crippen molar-refractivity contribution in [2.45, 2.75) is 161 Å². The number of phosphoric acid groups is 1. The minimum atomic E-state index is -4.78. The highest BCUT2D eigenvalue weighted by molar-refractivity contribution is 7.46. The maximum absolute atomic E-state index is 12.3. The molecule has 1 unspecified atom stereocenters. The van der Waals surface area contributed by atoms with Gasteiger partial charge in [-0.1, -0.05) is 152 Å². The SMILES string of the molecule is CC/C=C\C(O)C/C=C/C=C\C/C=C\C/C=C\CCCC(=O)O[C@H](COC(=O)CCCCCCCCCCCCCC(C)C)COP(=O)(O)O. The Morgan fingerprint density at radius 3 is 1.86 bits per heavy atom. The number of carbonyl (C=O) groups excluding carboxylic acids is 2. The number of phosphoric ester groups is 1. The van der Waals surface area contributed by atoms with Gasteiger partial charge in [-0.05, 0) is 50.9 Å². The quantitative estimate of drug-likeness (QED) is 0.0198. The normalized spacial score (nSPS) is 13.9. The Labute approximate surface area is 303 Å². The van der Waals surface area contributed by atoms with E-state index in [2.05, 4.69) is 30.5 Å². The number of unbranched alkanes of at least 4 members (excludes halogenated alkanes) is 11. The van der Waals surface area contributed by atoms with Crippen molar-refractivity contribution in [3.8, 4) is 0 Å². The highest BCUT2D eigenvalue weighted by atomic mass is 31.2. The minimum Gasteiger partial charge on any atom is -0.462 e. The molecule has 50 heavy (non-hydrogen) atoms. The van der Waals surface area contributed by atoms with E-state index in [0.717, 1.165) is 44.4 Å². The summed E-state index contributed by atoms with van der Waals surface area (Å²) in [5.41, 5.74) is 0. The molecule has 0 aliphatic carbocycles. The average molecular weight is 725 g/mol. The first-order chi connectivity index (χ1) is 24.0. The fraction of sp³-hybridized carbons (Fsp3) is 0.700. The molecule has 2 atom stereocenters. The van der Waals surface area contributed by atoms with Crippen molar-refractivity contribution in [3.05, 3.63) is 60.8 Å². The molecule has 0 saturated heterocycles. The summed E-state index contributed by atoms with van der Waals surface area (Å²) in [5, 5.41) is 9.73. The number of rotatable bonds is 33. The smallest absolute Gasteiger partial charge is 0.462 e. The number of allylic oxidation sites excluding steroid dienone is 8. The third-order valence-corrected chi connectivity index (χ3v) is 8.29. The molecule has 0 saturated carbocycles. The summed E-state index contributed by atoms with van der Waals surface area (Å²) in [4.78, 5) is 42.7. The molecule has 9 nitrogen and oxygen atoms in total. The van der Waals surface area contributed by atoms with E-state index in [1.807, 2.05) is 55.5 Å². The standard InChI is InChI=1S/C40H69O9P/c1-4-5-30-37(41)31-26-22-18-14-10-6-7-11-16-20-24-28-33-40(43)49-38(35-48-50(44,45)46)34-47-39(42)32-27-23-19-15-12-8-9-13-17-21-25-29-36(2)3/h5-7,14,16,18,20,22,26,30,36-38,41H,4,8-13,15,17,19,21,23-25,27-29,31-35H2,1-3H3,(H2,44,45,46)/b7-6-,18-14-,20-16-,26-22+,30-5-/t37?,38-/m1/s1. The van der Waals surface area contributed by atoms with Crippen molar-refractivity contribution in [1.29, 1.82) is 0 Å². The summed E-state index contributed by atoms with van der Waals surface area (Å²) in [6.07, 6.45) is 37.2. The van der Waals surface area contributed by atoms with Gasteiger partial charge in [0.25, 0.3) is 0 Å². The molecular formula is C40H69O9P. The Morgan fingerprint density at radius 2 is 1.24 bits per heavy atom. The van der Waals surface area contributed by atoms with Crippen LogP contribution in [-0.2, 0) is 28.2 Å². The van der Waals surface area contributed by atoms with Gasteiger partial charge in [0.1, 0.15) is 6.61 Å². The minimum absolute atomic E-state index is 0.114. The van der Waals surface area contributed by atoms with Gasteiger partial charge in [-0.3, -0.25) is 14.1 Å². The van der Waals surface area contributed by atoms with Crippen LogP contribution in [-0.4, -0.2) is 52.3 Å². The molecule has 3 N–H and O–H groups in total. The monoisotopic (exact) mass is 724 g/mol. The van der Waals surface area contributed by atoms with Gasteiger partial charge in [0.05, 0.1) is 12.7 Å². The number of esters is 2. The van der Waals surface area contributed by atoms with Crippen LogP contribution < -0.4 is 0 Å². The third-order valence-electron chi connectivity index (χ3n) is 7.80. The molecule has 0 amide bonds. The fourth-order valence-corrected chi connectivity index (χ4v) is 5.33.